The van der Waals surface area contributed by atoms with Crippen LogP contribution in [0.3, 0.4) is 0 Å². The van der Waals surface area contributed by atoms with Crippen molar-refractivity contribution in [2.45, 2.75) is 64.6 Å². The van der Waals surface area contributed by atoms with Crippen molar-refractivity contribution >= 4 is 8.32 Å². The van der Waals surface area contributed by atoms with E-state index in [1.807, 2.05) is 0 Å². The highest BCUT2D eigenvalue weighted by molar-refractivity contribution is 6.73. The zero-order chi connectivity index (χ0) is 10.4. The van der Waals surface area contributed by atoms with E-state index in [0.29, 0.717) is 0 Å². The lowest BCUT2D eigenvalue weighted by molar-refractivity contribution is 0.267. The molecule has 1 aliphatic rings. The minimum absolute atomic E-state index is 0.793. The van der Waals surface area contributed by atoms with Crippen molar-refractivity contribution in [1.29, 1.82) is 0 Å². The Morgan fingerprint density at radius 2 is 1.79 bits per heavy atom. The highest BCUT2D eigenvalue weighted by Gasteiger charge is 2.34. The van der Waals surface area contributed by atoms with Gasteiger partial charge in [-0.2, -0.15) is 0 Å². The van der Waals surface area contributed by atoms with Crippen LogP contribution in [0.5, 0.6) is 0 Å². The van der Waals surface area contributed by atoms with Crippen molar-refractivity contribution < 1.29 is 4.43 Å². The Morgan fingerprint density at radius 1 is 1.14 bits per heavy atom. The van der Waals surface area contributed by atoms with Crippen LogP contribution < -0.4 is 0 Å². The monoisotopic (exact) mass is 214 g/mol. The van der Waals surface area contributed by atoms with E-state index in [2.05, 4.69) is 20.8 Å². The first-order valence-corrected chi connectivity index (χ1v) is 8.85. The topological polar surface area (TPSA) is 9.23 Å². The van der Waals surface area contributed by atoms with Crippen LogP contribution >= 0.6 is 0 Å². The lowest BCUT2D eigenvalue weighted by atomic mass is 10.2. The molecule has 0 aliphatic carbocycles. The van der Waals surface area contributed by atoms with Crippen LogP contribution in [0.4, 0.5) is 0 Å². The normalized spacial score (nSPS) is 21.4. The maximum absolute atomic E-state index is 6.27. The zero-order valence-corrected chi connectivity index (χ0v) is 11.1. The molecule has 0 N–H and O–H groups in total. The third-order valence-corrected chi connectivity index (χ3v) is 8.15. The van der Waals surface area contributed by atoms with Crippen LogP contribution in [-0.4, -0.2) is 14.9 Å². The fraction of sp³-hybridized carbons (Fsp3) is 1.00. The van der Waals surface area contributed by atoms with Gasteiger partial charge in [-0.3, -0.25) is 0 Å². The van der Waals surface area contributed by atoms with Crippen molar-refractivity contribution in [3.8, 4) is 0 Å². The molecule has 0 aromatic heterocycles. The highest BCUT2D eigenvalue weighted by atomic mass is 28.4. The van der Waals surface area contributed by atoms with Crippen molar-refractivity contribution in [1.82, 2.24) is 0 Å². The molecule has 14 heavy (non-hydrogen) atoms. The molecule has 1 nitrogen and oxygen atoms in total. The Balaban J connectivity index is 2.29. The molecule has 0 saturated carbocycles. The molecule has 0 aromatic rings. The van der Waals surface area contributed by atoms with Gasteiger partial charge in [0.05, 0.1) is 0 Å². The fourth-order valence-electron chi connectivity index (χ4n) is 2.31. The third kappa shape index (κ3) is 3.74. The molecule has 1 fully saturated rings. The SMILES string of the molecule is CC[Si]1(OCCC(C)C)CCCCC1. The van der Waals surface area contributed by atoms with Crippen molar-refractivity contribution in [3.63, 3.8) is 0 Å². The van der Waals surface area contributed by atoms with Crippen LogP contribution in [-0.2, 0) is 4.43 Å². The Morgan fingerprint density at radius 3 is 2.29 bits per heavy atom. The van der Waals surface area contributed by atoms with Gasteiger partial charge < -0.3 is 4.43 Å². The lowest BCUT2D eigenvalue weighted by Gasteiger charge is -2.34. The molecule has 0 amide bonds. The summed E-state index contributed by atoms with van der Waals surface area (Å²) in [6.07, 6.45) is 5.56. The summed E-state index contributed by atoms with van der Waals surface area (Å²) in [5.41, 5.74) is 0. The summed E-state index contributed by atoms with van der Waals surface area (Å²) >= 11 is 0. The van der Waals surface area contributed by atoms with E-state index in [9.17, 15) is 0 Å². The molecule has 1 saturated heterocycles. The van der Waals surface area contributed by atoms with Gasteiger partial charge in [0.1, 0.15) is 0 Å². The molecule has 0 bridgehead atoms. The minimum atomic E-state index is -1.22. The van der Waals surface area contributed by atoms with Crippen LogP contribution in [0.25, 0.3) is 0 Å². The molecule has 0 spiro atoms. The smallest absolute Gasteiger partial charge is 0.192 e. The number of rotatable bonds is 5. The molecule has 0 atom stereocenters. The van der Waals surface area contributed by atoms with E-state index < -0.39 is 8.32 Å². The maximum Gasteiger partial charge on any atom is 0.192 e. The van der Waals surface area contributed by atoms with Gasteiger partial charge in [-0.15, -0.1) is 0 Å². The molecule has 0 unspecified atom stereocenters. The first-order chi connectivity index (χ1) is 6.68. The summed E-state index contributed by atoms with van der Waals surface area (Å²) in [4.78, 5) is 0. The van der Waals surface area contributed by atoms with Crippen LogP contribution in [0.1, 0.15) is 46.5 Å². The predicted molar refractivity (Wildman–Crippen MR) is 65.1 cm³/mol. The molecule has 1 aliphatic heterocycles. The maximum atomic E-state index is 6.27. The molecule has 2 heteroatoms. The van der Waals surface area contributed by atoms with E-state index in [-0.39, 0.29) is 0 Å². The second-order valence-electron chi connectivity index (χ2n) is 5.13. The highest BCUT2D eigenvalue weighted by Crippen LogP contribution is 2.32. The summed E-state index contributed by atoms with van der Waals surface area (Å²) in [5, 5.41) is 0. The summed E-state index contributed by atoms with van der Waals surface area (Å²) in [6.45, 7) is 7.93. The van der Waals surface area contributed by atoms with Crippen LogP contribution in [0.2, 0.25) is 18.1 Å². The Kier molecular flexibility index (Phi) is 5.17. The largest absolute Gasteiger partial charge is 0.417 e. The Labute approximate surface area is 90.4 Å². The van der Waals surface area contributed by atoms with Crippen LogP contribution in [0.15, 0.2) is 0 Å². The molecular formula is C12H26OSi. The van der Waals surface area contributed by atoms with E-state index in [1.54, 1.807) is 0 Å². The summed E-state index contributed by atoms with van der Waals surface area (Å²) in [6, 6.07) is 4.20. The van der Waals surface area contributed by atoms with E-state index in [1.165, 1.54) is 43.8 Å². The molecule has 1 heterocycles. The first kappa shape index (κ1) is 12.2. The van der Waals surface area contributed by atoms with Crippen molar-refractivity contribution in [2.75, 3.05) is 6.61 Å². The average Bonchev–Trinajstić information content (AvgIpc) is 2.19. The zero-order valence-electron chi connectivity index (χ0n) is 10.1. The number of hydrogen-bond acceptors (Lipinski definition) is 1. The second kappa shape index (κ2) is 5.91. The molecule has 0 radical (unpaired) electrons. The quantitative estimate of drug-likeness (QED) is 0.623. The average molecular weight is 214 g/mol. The van der Waals surface area contributed by atoms with Crippen LogP contribution in [0, 0.1) is 5.92 Å². The van der Waals surface area contributed by atoms with E-state index >= 15 is 0 Å². The second-order valence-corrected chi connectivity index (χ2v) is 9.49. The van der Waals surface area contributed by atoms with Gasteiger partial charge in [0.2, 0.25) is 0 Å². The summed E-state index contributed by atoms with van der Waals surface area (Å²) in [5.74, 6) is 0.793. The molecule has 0 aromatic carbocycles. The summed E-state index contributed by atoms with van der Waals surface area (Å²) < 4.78 is 6.27. The van der Waals surface area contributed by atoms with Gasteiger partial charge in [0.25, 0.3) is 0 Å². The molecule has 1 rings (SSSR count). The third-order valence-electron chi connectivity index (χ3n) is 3.51. The Hall–Kier alpha value is 0.177. The van der Waals surface area contributed by atoms with Gasteiger partial charge in [-0.05, 0) is 30.5 Å². The van der Waals surface area contributed by atoms with Gasteiger partial charge in [-0.25, -0.2) is 0 Å². The van der Waals surface area contributed by atoms with Gasteiger partial charge in [0, 0.05) is 6.61 Å². The first-order valence-electron chi connectivity index (χ1n) is 6.32. The number of hydrogen-bond donors (Lipinski definition) is 0. The predicted octanol–water partition coefficient (Wildman–Crippen LogP) is 4.20. The van der Waals surface area contributed by atoms with Crippen molar-refractivity contribution in [2.24, 2.45) is 5.92 Å². The lowest BCUT2D eigenvalue weighted by Crippen LogP contribution is -2.39. The van der Waals surface area contributed by atoms with Crippen molar-refractivity contribution in [3.05, 3.63) is 0 Å². The molecular weight excluding hydrogens is 188 g/mol. The van der Waals surface area contributed by atoms with E-state index in [4.69, 9.17) is 4.43 Å². The Bertz CT molecular complexity index is 150. The van der Waals surface area contributed by atoms with Gasteiger partial charge >= 0.3 is 0 Å². The standard InChI is InChI=1S/C12H26OSi/c1-4-14(10-6-5-7-11-14)13-9-8-12(2)3/h12H,4-11H2,1-3H3. The van der Waals surface area contributed by atoms with Gasteiger partial charge in [0.15, 0.2) is 8.32 Å². The fourth-order valence-corrected chi connectivity index (χ4v) is 6.10. The van der Waals surface area contributed by atoms with Gasteiger partial charge in [-0.1, -0.05) is 40.0 Å². The van der Waals surface area contributed by atoms with E-state index in [0.717, 1.165) is 12.5 Å². The minimum Gasteiger partial charge on any atom is -0.417 e. The summed E-state index contributed by atoms with van der Waals surface area (Å²) in [7, 11) is -1.22. The molecule has 84 valence electrons.